The predicted octanol–water partition coefficient (Wildman–Crippen LogP) is 2.40. The average molecular weight is 404 g/mol. The third-order valence-electron chi connectivity index (χ3n) is 3.51. The number of aryl methyl sites for hydroxylation is 1. The average Bonchev–Trinajstić information content (AvgIpc) is 2.54. The molecule has 0 aliphatic heterocycles. The number of sulfonamides is 2. The topological polar surface area (TPSA) is 104 Å². The largest absolute Gasteiger partial charge is 0.386 e. The number of benzene rings is 2. The van der Waals surface area contributed by atoms with E-state index in [9.17, 15) is 16.8 Å². The van der Waals surface area contributed by atoms with Gasteiger partial charge < -0.3 is 5.32 Å². The standard InChI is InChI=1S/C15H18ClN3O4S2/c1-10-8-11(16)4-7-15(10)25(22,23)19-14-9-12(24(20,21)18-3)5-6-13(14)17-2/h4-9,17-19H,1-3H3. The third-order valence-corrected chi connectivity index (χ3v) is 6.68. The van der Waals surface area contributed by atoms with Gasteiger partial charge >= 0.3 is 0 Å². The minimum atomic E-state index is -3.93. The van der Waals surface area contributed by atoms with E-state index in [4.69, 9.17) is 11.6 Å². The molecule has 3 N–H and O–H groups in total. The maximum atomic E-state index is 12.7. The molecule has 136 valence electrons. The third kappa shape index (κ3) is 4.24. The highest BCUT2D eigenvalue weighted by Crippen LogP contribution is 2.29. The molecule has 0 aromatic heterocycles. The van der Waals surface area contributed by atoms with Crippen LogP contribution < -0.4 is 14.8 Å². The van der Waals surface area contributed by atoms with Gasteiger partial charge in [0.15, 0.2) is 0 Å². The second-order valence-electron chi connectivity index (χ2n) is 5.18. The molecule has 10 heteroatoms. The summed E-state index contributed by atoms with van der Waals surface area (Å²) in [5.74, 6) is 0. The van der Waals surface area contributed by atoms with E-state index in [-0.39, 0.29) is 15.5 Å². The number of rotatable bonds is 6. The zero-order valence-corrected chi connectivity index (χ0v) is 16.2. The van der Waals surface area contributed by atoms with Gasteiger partial charge in [-0.25, -0.2) is 21.6 Å². The molecular formula is C15H18ClN3O4S2. The van der Waals surface area contributed by atoms with Crippen molar-refractivity contribution in [3.05, 3.63) is 47.0 Å². The highest BCUT2D eigenvalue weighted by Gasteiger charge is 2.20. The molecule has 0 fully saturated rings. The lowest BCUT2D eigenvalue weighted by Crippen LogP contribution is -2.20. The maximum absolute atomic E-state index is 12.7. The van der Waals surface area contributed by atoms with Crippen LogP contribution >= 0.6 is 11.6 Å². The van der Waals surface area contributed by atoms with Crippen molar-refractivity contribution in [2.75, 3.05) is 24.1 Å². The summed E-state index contributed by atoms with van der Waals surface area (Å²) in [5, 5.41) is 3.25. The molecule has 2 aromatic rings. The highest BCUT2D eigenvalue weighted by atomic mass is 35.5. The molecule has 0 heterocycles. The molecular weight excluding hydrogens is 386 g/mol. The Kier molecular flexibility index (Phi) is 5.62. The first-order valence-corrected chi connectivity index (χ1v) is 10.5. The Morgan fingerprint density at radius 1 is 0.880 bits per heavy atom. The van der Waals surface area contributed by atoms with Crippen molar-refractivity contribution in [2.24, 2.45) is 0 Å². The Morgan fingerprint density at radius 3 is 2.12 bits per heavy atom. The van der Waals surface area contributed by atoms with Gasteiger partial charge in [-0.15, -0.1) is 0 Å². The van der Waals surface area contributed by atoms with Gasteiger partial charge in [-0.1, -0.05) is 11.6 Å². The van der Waals surface area contributed by atoms with Crippen molar-refractivity contribution in [1.29, 1.82) is 0 Å². The van der Waals surface area contributed by atoms with Crippen molar-refractivity contribution < 1.29 is 16.8 Å². The second kappa shape index (κ2) is 7.20. The number of hydrogen-bond donors (Lipinski definition) is 3. The van der Waals surface area contributed by atoms with Gasteiger partial charge in [0.1, 0.15) is 0 Å². The number of hydrogen-bond acceptors (Lipinski definition) is 5. The van der Waals surface area contributed by atoms with Crippen LogP contribution in [0, 0.1) is 6.92 Å². The van der Waals surface area contributed by atoms with Crippen LogP contribution in [-0.4, -0.2) is 30.9 Å². The summed E-state index contributed by atoms with van der Waals surface area (Å²) in [6.45, 7) is 1.63. The lowest BCUT2D eigenvalue weighted by atomic mass is 10.2. The van der Waals surface area contributed by atoms with Gasteiger partial charge in [-0.2, -0.15) is 0 Å². The summed E-state index contributed by atoms with van der Waals surface area (Å²) >= 11 is 5.86. The van der Waals surface area contributed by atoms with Crippen LogP contribution in [0.2, 0.25) is 5.02 Å². The van der Waals surface area contributed by atoms with E-state index < -0.39 is 20.0 Å². The van der Waals surface area contributed by atoms with Crippen molar-refractivity contribution in [1.82, 2.24) is 4.72 Å². The summed E-state index contributed by atoms with van der Waals surface area (Å²) in [5.41, 5.74) is 1.03. The molecule has 0 aliphatic rings. The maximum Gasteiger partial charge on any atom is 0.262 e. The molecule has 0 spiro atoms. The molecule has 0 saturated heterocycles. The molecule has 0 bridgehead atoms. The summed E-state index contributed by atoms with van der Waals surface area (Å²) in [7, 11) is -4.75. The van der Waals surface area contributed by atoms with Crippen LogP contribution in [0.25, 0.3) is 0 Å². The molecule has 7 nitrogen and oxygen atoms in total. The van der Waals surface area contributed by atoms with Gasteiger partial charge in [0.25, 0.3) is 10.0 Å². The summed E-state index contributed by atoms with van der Waals surface area (Å²) < 4.78 is 53.9. The molecule has 0 atom stereocenters. The summed E-state index contributed by atoms with van der Waals surface area (Å²) in [6.07, 6.45) is 0. The molecule has 25 heavy (non-hydrogen) atoms. The van der Waals surface area contributed by atoms with Crippen LogP contribution in [0.4, 0.5) is 11.4 Å². The lowest BCUT2D eigenvalue weighted by Gasteiger charge is -2.15. The number of halogens is 1. The van der Waals surface area contributed by atoms with Crippen molar-refractivity contribution in [3.8, 4) is 0 Å². The van der Waals surface area contributed by atoms with Gasteiger partial charge in [-0.3, -0.25) is 4.72 Å². The Hall–Kier alpha value is -1.81. The minimum Gasteiger partial charge on any atom is -0.386 e. The fraction of sp³-hybridized carbons (Fsp3) is 0.200. The van der Waals surface area contributed by atoms with E-state index in [1.807, 2.05) is 0 Å². The minimum absolute atomic E-state index is 0.0560. The molecule has 0 radical (unpaired) electrons. The zero-order chi connectivity index (χ0) is 18.8. The van der Waals surface area contributed by atoms with Gasteiger partial charge in [0.2, 0.25) is 10.0 Å². The summed E-state index contributed by atoms with van der Waals surface area (Å²) in [6, 6.07) is 8.52. The Bertz CT molecular complexity index is 1010. The van der Waals surface area contributed by atoms with Gasteiger partial charge in [0, 0.05) is 12.1 Å². The molecule has 0 unspecified atom stereocenters. The van der Waals surface area contributed by atoms with Crippen LogP contribution in [0.15, 0.2) is 46.2 Å². The zero-order valence-electron chi connectivity index (χ0n) is 13.8. The van der Waals surface area contributed by atoms with Crippen molar-refractivity contribution >= 4 is 43.0 Å². The fourth-order valence-corrected chi connectivity index (χ4v) is 4.51. The normalized spacial score (nSPS) is 12.0. The SMILES string of the molecule is CNc1ccc(S(=O)(=O)NC)cc1NS(=O)(=O)c1ccc(Cl)cc1C. The monoisotopic (exact) mass is 403 g/mol. The van der Waals surface area contributed by atoms with E-state index in [0.29, 0.717) is 16.3 Å². The van der Waals surface area contributed by atoms with E-state index in [1.165, 1.54) is 43.4 Å². The molecule has 2 rings (SSSR count). The van der Waals surface area contributed by atoms with Crippen molar-refractivity contribution in [2.45, 2.75) is 16.7 Å². The molecule has 2 aromatic carbocycles. The first-order valence-electron chi connectivity index (χ1n) is 7.15. The fourth-order valence-electron chi connectivity index (χ4n) is 2.22. The van der Waals surface area contributed by atoms with Crippen LogP contribution in [0.5, 0.6) is 0 Å². The van der Waals surface area contributed by atoms with Crippen molar-refractivity contribution in [3.63, 3.8) is 0 Å². The predicted molar refractivity (Wildman–Crippen MR) is 99.2 cm³/mol. The van der Waals surface area contributed by atoms with Gasteiger partial charge in [-0.05, 0) is 55.9 Å². The molecule has 0 saturated carbocycles. The van der Waals surface area contributed by atoms with E-state index >= 15 is 0 Å². The smallest absolute Gasteiger partial charge is 0.262 e. The van der Waals surface area contributed by atoms with E-state index in [1.54, 1.807) is 14.0 Å². The van der Waals surface area contributed by atoms with Crippen LogP contribution in [0.3, 0.4) is 0 Å². The number of nitrogens with one attached hydrogen (secondary N) is 3. The summed E-state index contributed by atoms with van der Waals surface area (Å²) in [4.78, 5) is 0.000331. The first-order chi connectivity index (χ1) is 11.6. The van der Waals surface area contributed by atoms with E-state index in [0.717, 1.165) is 0 Å². The van der Waals surface area contributed by atoms with E-state index in [2.05, 4.69) is 14.8 Å². The quantitative estimate of drug-likeness (QED) is 0.687. The Morgan fingerprint density at radius 2 is 1.56 bits per heavy atom. The number of anilines is 2. The lowest BCUT2D eigenvalue weighted by molar-refractivity contribution is 0.588. The Balaban J connectivity index is 2.52. The van der Waals surface area contributed by atoms with Crippen LogP contribution in [-0.2, 0) is 20.0 Å². The van der Waals surface area contributed by atoms with Gasteiger partial charge in [0.05, 0.1) is 21.2 Å². The first kappa shape index (κ1) is 19.5. The molecule has 0 amide bonds. The van der Waals surface area contributed by atoms with Crippen LogP contribution in [0.1, 0.15) is 5.56 Å². The second-order valence-corrected chi connectivity index (χ2v) is 9.15. The highest BCUT2D eigenvalue weighted by molar-refractivity contribution is 7.92. The molecule has 0 aliphatic carbocycles. The Labute approximate surface area is 152 Å².